The van der Waals surface area contributed by atoms with Crippen molar-refractivity contribution in [2.45, 2.75) is 26.3 Å². The van der Waals surface area contributed by atoms with Crippen LogP contribution in [0.2, 0.25) is 0 Å². The van der Waals surface area contributed by atoms with Crippen molar-refractivity contribution in [2.24, 2.45) is 0 Å². The minimum absolute atomic E-state index is 0.139. The average molecular weight is 437 g/mol. The second-order valence-corrected chi connectivity index (χ2v) is 8.37. The average Bonchev–Trinajstić information content (AvgIpc) is 2.85. The largest absolute Gasteiger partial charge is 0.339 e. The van der Waals surface area contributed by atoms with E-state index in [9.17, 15) is 4.79 Å². The van der Waals surface area contributed by atoms with Gasteiger partial charge in [-0.1, -0.05) is 86.6 Å². The normalized spacial score (nSPS) is 10.8. The van der Waals surface area contributed by atoms with E-state index in [1.165, 1.54) is 5.56 Å². The number of amides is 1. The van der Waals surface area contributed by atoms with E-state index in [1.807, 2.05) is 72.8 Å². The highest BCUT2D eigenvalue weighted by Crippen LogP contribution is 2.25. The number of hydrogen-bond acceptors (Lipinski definition) is 4. The van der Waals surface area contributed by atoms with Crippen LogP contribution in [0.4, 0.5) is 11.5 Å². The summed E-state index contributed by atoms with van der Waals surface area (Å²) in [6.45, 7) is 4.83. The van der Waals surface area contributed by atoms with Crippen LogP contribution in [0.1, 0.15) is 41.3 Å². The number of rotatable bonds is 7. The molecule has 1 aromatic heterocycles. The standard InChI is InChI=1S/C28H28N4O/c1-20(2)22-14-16-24(17-15-22)30-27-25(18-29-26(31-27)23-12-8-5-9-13-23)28(33)32(3)19-21-10-6-4-7-11-21/h4-18,20H,19H2,1-3H3,(H,29,30,31). The maximum Gasteiger partial charge on any atom is 0.259 e. The quantitative estimate of drug-likeness (QED) is 0.370. The Labute approximate surface area is 195 Å². The lowest BCUT2D eigenvalue weighted by molar-refractivity contribution is 0.0785. The molecule has 3 aromatic carbocycles. The predicted octanol–water partition coefficient (Wildman–Crippen LogP) is 6.28. The molecule has 1 amide bonds. The molecule has 0 radical (unpaired) electrons. The van der Waals surface area contributed by atoms with E-state index >= 15 is 0 Å². The lowest BCUT2D eigenvalue weighted by Gasteiger charge is -2.19. The second-order valence-electron chi connectivity index (χ2n) is 8.37. The van der Waals surface area contributed by atoms with E-state index < -0.39 is 0 Å². The molecule has 4 rings (SSSR count). The van der Waals surface area contributed by atoms with E-state index in [0.29, 0.717) is 29.7 Å². The molecule has 5 heteroatoms. The van der Waals surface area contributed by atoms with Gasteiger partial charge in [-0.25, -0.2) is 9.97 Å². The van der Waals surface area contributed by atoms with Gasteiger partial charge in [-0.15, -0.1) is 0 Å². The Balaban J connectivity index is 1.67. The number of nitrogens with one attached hydrogen (secondary N) is 1. The fourth-order valence-electron chi connectivity index (χ4n) is 3.58. The highest BCUT2D eigenvalue weighted by molar-refractivity contribution is 5.99. The molecule has 0 saturated carbocycles. The molecular weight excluding hydrogens is 408 g/mol. The first-order valence-corrected chi connectivity index (χ1v) is 11.1. The Morgan fingerprint density at radius 2 is 1.55 bits per heavy atom. The number of carbonyl (C=O) groups is 1. The molecule has 0 aliphatic carbocycles. The van der Waals surface area contributed by atoms with Crippen LogP contribution in [0.3, 0.4) is 0 Å². The van der Waals surface area contributed by atoms with Gasteiger partial charge in [0.15, 0.2) is 5.82 Å². The van der Waals surface area contributed by atoms with Crippen molar-refractivity contribution in [3.63, 3.8) is 0 Å². The van der Waals surface area contributed by atoms with Crippen molar-refractivity contribution in [2.75, 3.05) is 12.4 Å². The highest BCUT2D eigenvalue weighted by atomic mass is 16.2. The molecule has 0 atom stereocenters. The SMILES string of the molecule is CC(C)c1ccc(Nc2nc(-c3ccccc3)ncc2C(=O)N(C)Cc2ccccc2)cc1. The molecule has 0 unspecified atom stereocenters. The van der Waals surface area contributed by atoms with E-state index in [2.05, 4.69) is 36.3 Å². The molecule has 0 spiro atoms. The first-order valence-electron chi connectivity index (χ1n) is 11.1. The molecule has 1 N–H and O–H groups in total. The Hall–Kier alpha value is -3.99. The van der Waals surface area contributed by atoms with Crippen LogP contribution in [0.15, 0.2) is 91.1 Å². The molecule has 0 fully saturated rings. The molecule has 0 bridgehead atoms. The Kier molecular flexibility index (Phi) is 6.79. The van der Waals surface area contributed by atoms with Crippen molar-refractivity contribution in [1.29, 1.82) is 0 Å². The van der Waals surface area contributed by atoms with Gasteiger partial charge in [-0.3, -0.25) is 4.79 Å². The first kappa shape index (κ1) is 22.2. The number of carbonyl (C=O) groups excluding carboxylic acids is 1. The molecule has 4 aromatic rings. The molecule has 0 aliphatic rings. The molecule has 166 valence electrons. The summed E-state index contributed by atoms with van der Waals surface area (Å²) >= 11 is 0. The molecule has 5 nitrogen and oxygen atoms in total. The summed E-state index contributed by atoms with van der Waals surface area (Å²) in [6.07, 6.45) is 1.62. The van der Waals surface area contributed by atoms with Gasteiger partial charge < -0.3 is 10.2 Å². The van der Waals surface area contributed by atoms with Crippen molar-refractivity contribution in [3.05, 3.63) is 108 Å². The minimum Gasteiger partial charge on any atom is -0.339 e. The zero-order chi connectivity index (χ0) is 23.2. The van der Waals surface area contributed by atoms with Crippen molar-refractivity contribution >= 4 is 17.4 Å². The fourth-order valence-corrected chi connectivity index (χ4v) is 3.58. The van der Waals surface area contributed by atoms with Crippen molar-refractivity contribution < 1.29 is 4.79 Å². The summed E-state index contributed by atoms with van der Waals surface area (Å²) in [7, 11) is 1.79. The molecule has 0 aliphatic heterocycles. The fraction of sp³-hybridized carbons (Fsp3) is 0.179. The summed E-state index contributed by atoms with van der Waals surface area (Å²) < 4.78 is 0. The van der Waals surface area contributed by atoms with Crippen LogP contribution in [-0.2, 0) is 6.54 Å². The lowest BCUT2D eigenvalue weighted by Crippen LogP contribution is -2.27. The van der Waals surface area contributed by atoms with Crippen molar-refractivity contribution in [1.82, 2.24) is 14.9 Å². The third-order valence-electron chi connectivity index (χ3n) is 5.50. The van der Waals surface area contributed by atoms with Crippen LogP contribution in [0.5, 0.6) is 0 Å². The van der Waals surface area contributed by atoms with E-state index in [4.69, 9.17) is 4.98 Å². The molecule has 0 saturated heterocycles. The van der Waals surface area contributed by atoms with Gasteiger partial charge in [0.1, 0.15) is 11.4 Å². The van der Waals surface area contributed by atoms with Crippen LogP contribution in [-0.4, -0.2) is 27.8 Å². The van der Waals surface area contributed by atoms with Gasteiger partial charge in [0.05, 0.1) is 0 Å². The highest BCUT2D eigenvalue weighted by Gasteiger charge is 2.19. The van der Waals surface area contributed by atoms with Crippen LogP contribution in [0.25, 0.3) is 11.4 Å². The maximum absolute atomic E-state index is 13.4. The maximum atomic E-state index is 13.4. The van der Waals surface area contributed by atoms with E-state index in [1.54, 1.807) is 18.1 Å². The monoisotopic (exact) mass is 436 g/mol. The van der Waals surface area contributed by atoms with Crippen LogP contribution < -0.4 is 5.32 Å². The summed E-state index contributed by atoms with van der Waals surface area (Å²) in [4.78, 5) is 24.3. The minimum atomic E-state index is -0.139. The van der Waals surface area contributed by atoms with Gasteiger partial charge >= 0.3 is 0 Å². The third-order valence-corrected chi connectivity index (χ3v) is 5.50. The number of anilines is 2. The summed E-state index contributed by atoms with van der Waals surface area (Å²) in [6, 6.07) is 27.9. The van der Waals surface area contributed by atoms with Crippen LogP contribution >= 0.6 is 0 Å². The molecular formula is C28H28N4O. The summed E-state index contributed by atoms with van der Waals surface area (Å²) in [5, 5.41) is 3.35. The predicted molar refractivity (Wildman–Crippen MR) is 134 cm³/mol. The molecule has 33 heavy (non-hydrogen) atoms. The van der Waals surface area contributed by atoms with Crippen LogP contribution in [0, 0.1) is 0 Å². The second kappa shape index (κ2) is 10.1. The third kappa shape index (κ3) is 5.44. The van der Waals surface area contributed by atoms with Gasteiger partial charge in [0.25, 0.3) is 5.91 Å². The first-order chi connectivity index (χ1) is 16.0. The smallest absolute Gasteiger partial charge is 0.259 e. The zero-order valence-corrected chi connectivity index (χ0v) is 19.2. The lowest BCUT2D eigenvalue weighted by atomic mass is 10.0. The number of benzene rings is 3. The van der Waals surface area contributed by atoms with E-state index in [-0.39, 0.29) is 5.91 Å². The summed E-state index contributed by atoms with van der Waals surface area (Å²) in [5.74, 6) is 1.37. The van der Waals surface area contributed by atoms with Crippen molar-refractivity contribution in [3.8, 4) is 11.4 Å². The number of aromatic nitrogens is 2. The van der Waals surface area contributed by atoms with Gasteiger partial charge in [-0.05, 0) is 29.2 Å². The Bertz CT molecular complexity index is 1210. The van der Waals surface area contributed by atoms with Gasteiger partial charge in [0.2, 0.25) is 0 Å². The molecule has 1 heterocycles. The Morgan fingerprint density at radius 1 is 0.909 bits per heavy atom. The number of nitrogens with zero attached hydrogens (tertiary/aromatic N) is 3. The Morgan fingerprint density at radius 3 is 2.18 bits per heavy atom. The number of hydrogen-bond donors (Lipinski definition) is 1. The van der Waals surface area contributed by atoms with Gasteiger partial charge in [-0.2, -0.15) is 0 Å². The zero-order valence-electron chi connectivity index (χ0n) is 19.2. The summed E-state index contributed by atoms with van der Waals surface area (Å²) in [5.41, 5.74) is 4.52. The van der Waals surface area contributed by atoms with Gasteiger partial charge in [0, 0.05) is 31.0 Å². The van der Waals surface area contributed by atoms with E-state index in [0.717, 1.165) is 16.8 Å². The topological polar surface area (TPSA) is 58.1 Å².